The third-order valence-corrected chi connectivity index (χ3v) is 6.04. The molecule has 2 atom stereocenters. The predicted octanol–water partition coefficient (Wildman–Crippen LogP) is 3.77. The Balaban J connectivity index is 0.00000210. The molecule has 3 heterocycles. The lowest BCUT2D eigenvalue weighted by molar-refractivity contribution is 0.0526. The summed E-state index contributed by atoms with van der Waals surface area (Å²) >= 11 is 0. The molecule has 0 spiro atoms. The van der Waals surface area contributed by atoms with E-state index in [0.717, 1.165) is 42.4 Å². The van der Waals surface area contributed by atoms with E-state index in [9.17, 15) is 0 Å². The van der Waals surface area contributed by atoms with Crippen LogP contribution in [0, 0.1) is 0 Å². The number of guanidine groups is 1. The van der Waals surface area contributed by atoms with Crippen LogP contribution in [-0.2, 0) is 6.42 Å². The number of rotatable bonds is 4. The van der Waals surface area contributed by atoms with Crippen LogP contribution in [0.1, 0.15) is 37.9 Å². The second-order valence-corrected chi connectivity index (χ2v) is 7.72. The van der Waals surface area contributed by atoms with Crippen molar-refractivity contribution in [2.45, 2.75) is 56.7 Å². The molecule has 2 aliphatic rings. The average molecular weight is 482 g/mol. The number of aliphatic imine (C=N–C) groups is 1. The molecule has 6 heteroatoms. The smallest absolute Gasteiger partial charge is 0.191 e. The number of benzene rings is 1. The van der Waals surface area contributed by atoms with Gasteiger partial charge in [-0.05, 0) is 44.9 Å². The van der Waals surface area contributed by atoms with E-state index >= 15 is 0 Å². The van der Waals surface area contributed by atoms with Crippen molar-refractivity contribution < 1.29 is 4.42 Å². The molecule has 1 aromatic heterocycles. The molecule has 0 amide bonds. The lowest BCUT2D eigenvalue weighted by Crippen LogP contribution is -2.56. The number of nitrogens with one attached hydrogen (secondary N) is 2. The summed E-state index contributed by atoms with van der Waals surface area (Å²) in [4.78, 5) is 7.02. The Hall–Kier alpha value is -1.28. The van der Waals surface area contributed by atoms with Gasteiger partial charge < -0.3 is 20.0 Å². The quantitative estimate of drug-likeness (QED) is 0.396. The maximum atomic E-state index is 5.89. The second-order valence-electron chi connectivity index (χ2n) is 7.72. The first-order chi connectivity index (χ1) is 12.7. The number of halogens is 1. The van der Waals surface area contributed by atoms with Crippen LogP contribution in [-0.4, -0.2) is 49.6 Å². The van der Waals surface area contributed by atoms with Gasteiger partial charge in [0, 0.05) is 43.5 Å². The van der Waals surface area contributed by atoms with E-state index in [1.54, 1.807) is 0 Å². The summed E-state index contributed by atoms with van der Waals surface area (Å²) in [7, 11) is 4.15. The van der Waals surface area contributed by atoms with Crippen molar-refractivity contribution in [2.24, 2.45) is 4.99 Å². The lowest BCUT2D eigenvalue weighted by atomic mass is 9.82. The van der Waals surface area contributed by atoms with Gasteiger partial charge in [0.2, 0.25) is 0 Å². The summed E-state index contributed by atoms with van der Waals surface area (Å²) in [6.07, 6.45) is 7.35. The van der Waals surface area contributed by atoms with Gasteiger partial charge in [-0.15, -0.1) is 24.0 Å². The lowest BCUT2D eigenvalue weighted by Gasteiger charge is -2.47. The van der Waals surface area contributed by atoms with Crippen molar-refractivity contribution in [2.75, 3.05) is 20.6 Å². The van der Waals surface area contributed by atoms with Crippen molar-refractivity contribution in [3.8, 4) is 0 Å². The van der Waals surface area contributed by atoms with Crippen LogP contribution < -0.4 is 10.6 Å². The molecule has 27 heavy (non-hydrogen) atoms. The topological polar surface area (TPSA) is 52.8 Å². The monoisotopic (exact) mass is 482 g/mol. The van der Waals surface area contributed by atoms with Gasteiger partial charge in [-0.25, -0.2) is 0 Å². The van der Waals surface area contributed by atoms with E-state index in [4.69, 9.17) is 4.42 Å². The maximum Gasteiger partial charge on any atom is 0.191 e. The van der Waals surface area contributed by atoms with E-state index in [1.165, 1.54) is 37.5 Å². The zero-order chi connectivity index (χ0) is 17.9. The van der Waals surface area contributed by atoms with Crippen LogP contribution in [0.3, 0.4) is 0 Å². The molecule has 0 aliphatic carbocycles. The highest BCUT2D eigenvalue weighted by atomic mass is 127. The summed E-state index contributed by atoms with van der Waals surface area (Å²) < 4.78 is 5.89. The Morgan fingerprint density at radius 2 is 1.96 bits per heavy atom. The van der Waals surface area contributed by atoms with E-state index in [1.807, 2.05) is 25.2 Å². The van der Waals surface area contributed by atoms with Crippen LogP contribution >= 0.6 is 24.0 Å². The Kier molecular flexibility index (Phi) is 7.03. The molecular formula is C21H31IN4O. The summed E-state index contributed by atoms with van der Waals surface area (Å²) in [5, 5.41) is 8.27. The largest absolute Gasteiger partial charge is 0.461 e. The number of para-hydroxylation sites is 1. The highest BCUT2D eigenvalue weighted by molar-refractivity contribution is 14.0. The summed E-state index contributed by atoms with van der Waals surface area (Å²) in [5.74, 6) is 1.93. The first-order valence-corrected chi connectivity index (χ1v) is 9.89. The fourth-order valence-corrected chi connectivity index (χ4v) is 4.59. The number of hydrogen-bond acceptors (Lipinski definition) is 3. The Labute approximate surface area is 179 Å². The number of nitrogens with zero attached hydrogens (tertiary/aromatic N) is 2. The van der Waals surface area contributed by atoms with Gasteiger partial charge in [-0.2, -0.15) is 0 Å². The molecule has 2 fully saturated rings. The molecule has 0 saturated carbocycles. The van der Waals surface area contributed by atoms with Gasteiger partial charge in [-0.3, -0.25) is 4.99 Å². The van der Waals surface area contributed by atoms with E-state index < -0.39 is 0 Å². The fourth-order valence-electron chi connectivity index (χ4n) is 4.59. The van der Waals surface area contributed by atoms with Crippen molar-refractivity contribution in [3.63, 3.8) is 0 Å². The van der Waals surface area contributed by atoms with Crippen LogP contribution in [0.25, 0.3) is 11.0 Å². The molecule has 2 unspecified atom stereocenters. The van der Waals surface area contributed by atoms with Gasteiger partial charge >= 0.3 is 0 Å². The minimum atomic E-state index is 0. The molecule has 1 aromatic carbocycles. The number of fused-ring (bicyclic) bond motifs is 3. The Bertz CT molecular complexity index is 727. The molecule has 148 valence electrons. The third-order valence-electron chi connectivity index (χ3n) is 6.04. The Morgan fingerprint density at radius 3 is 2.67 bits per heavy atom. The van der Waals surface area contributed by atoms with Crippen molar-refractivity contribution in [1.82, 2.24) is 15.5 Å². The van der Waals surface area contributed by atoms with Gasteiger partial charge in [0.1, 0.15) is 11.3 Å². The van der Waals surface area contributed by atoms with Crippen molar-refractivity contribution in [1.29, 1.82) is 0 Å². The number of furan rings is 1. The van der Waals surface area contributed by atoms with Crippen LogP contribution in [0.2, 0.25) is 0 Å². The first-order valence-electron chi connectivity index (χ1n) is 9.89. The van der Waals surface area contributed by atoms with Gasteiger partial charge in [0.25, 0.3) is 0 Å². The molecular weight excluding hydrogens is 451 g/mol. The first kappa shape index (κ1) is 20.5. The molecule has 5 nitrogen and oxygen atoms in total. The molecule has 2 aromatic rings. The molecule has 2 N–H and O–H groups in total. The Morgan fingerprint density at radius 1 is 1.22 bits per heavy atom. The van der Waals surface area contributed by atoms with Gasteiger partial charge in [0.15, 0.2) is 5.96 Å². The fraction of sp³-hybridized carbons (Fsp3) is 0.571. The molecule has 2 aliphatic heterocycles. The summed E-state index contributed by atoms with van der Waals surface area (Å²) in [6, 6.07) is 12.3. The van der Waals surface area contributed by atoms with E-state index in [0.29, 0.717) is 6.04 Å². The zero-order valence-corrected chi connectivity index (χ0v) is 18.6. The minimum absolute atomic E-state index is 0. The highest BCUT2D eigenvalue weighted by Crippen LogP contribution is 2.32. The van der Waals surface area contributed by atoms with E-state index in [-0.39, 0.29) is 24.0 Å². The number of hydrogen-bond donors (Lipinski definition) is 2. The average Bonchev–Trinajstić information content (AvgIpc) is 3.04. The standard InChI is InChI=1S/C21H30N4O.HI/c1-22-21(24-16-13-17-7-5-8-18(14-16)25(17)2)23-11-10-19-12-15-6-3-4-9-20(15)26-19;/h3-4,6,9,12,16-18H,5,7-8,10-11,13-14H2,1-2H3,(H2,22,23,24);1H. The zero-order valence-electron chi connectivity index (χ0n) is 16.3. The summed E-state index contributed by atoms with van der Waals surface area (Å²) in [5.41, 5.74) is 0.961. The molecule has 0 radical (unpaired) electrons. The van der Waals surface area contributed by atoms with Crippen molar-refractivity contribution >= 4 is 40.9 Å². The number of piperidine rings is 2. The summed E-state index contributed by atoms with van der Waals surface area (Å²) in [6.45, 7) is 0.818. The van der Waals surface area contributed by atoms with Gasteiger partial charge in [0.05, 0.1) is 0 Å². The van der Waals surface area contributed by atoms with E-state index in [2.05, 4.69) is 39.7 Å². The SMILES string of the molecule is CN=C(NCCc1cc2ccccc2o1)NC1CC2CCCC(C1)N2C.I. The maximum absolute atomic E-state index is 5.89. The molecule has 2 bridgehead atoms. The van der Waals surface area contributed by atoms with Crippen molar-refractivity contribution in [3.05, 3.63) is 36.1 Å². The minimum Gasteiger partial charge on any atom is -0.461 e. The highest BCUT2D eigenvalue weighted by Gasteiger charge is 2.36. The normalized spacial score (nSPS) is 25.9. The van der Waals surface area contributed by atoms with Gasteiger partial charge in [-0.1, -0.05) is 24.6 Å². The predicted molar refractivity (Wildman–Crippen MR) is 122 cm³/mol. The van der Waals surface area contributed by atoms with Crippen LogP contribution in [0.4, 0.5) is 0 Å². The molecule has 4 rings (SSSR count). The molecule has 2 saturated heterocycles. The van der Waals surface area contributed by atoms with Crippen LogP contribution in [0.15, 0.2) is 39.7 Å². The second kappa shape index (κ2) is 9.28. The third kappa shape index (κ3) is 4.77. The van der Waals surface area contributed by atoms with Crippen LogP contribution in [0.5, 0.6) is 0 Å².